The molecule has 3 unspecified atom stereocenters. The fourth-order valence-electron chi connectivity index (χ4n) is 8.35. The van der Waals surface area contributed by atoms with E-state index in [0.29, 0.717) is 17.4 Å². The van der Waals surface area contributed by atoms with Crippen molar-refractivity contribution in [2.45, 2.75) is 290 Å². The molecule has 0 aliphatic carbocycles. The van der Waals surface area contributed by atoms with Crippen LogP contribution in [-0.2, 0) is 27.9 Å². The third-order valence-electron chi connectivity index (χ3n) is 12.7. The van der Waals surface area contributed by atoms with E-state index in [9.17, 15) is 19.0 Å². The van der Waals surface area contributed by atoms with Gasteiger partial charge in [-0.1, -0.05) is 245 Å². The molecule has 9 nitrogen and oxygen atoms in total. The normalized spacial score (nSPS) is 13.9. The topological polar surface area (TPSA) is 114 Å². The molecule has 0 aromatic carbocycles. The summed E-state index contributed by atoms with van der Waals surface area (Å²) < 4.78 is 30.2. The van der Waals surface area contributed by atoms with Gasteiger partial charge in [0.05, 0.1) is 33.8 Å². The molecule has 0 heterocycles. The minimum absolute atomic E-state index is 0.0172. The van der Waals surface area contributed by atoms with Crippen LogP contribution in [0.1, 0.15) is 278 Å². The van der Waals surface area contributed by atoms with Crippen molar-refractivity contribution in [1.29, 1.82) is 0 Å². The Balaban J connectivity index is 5.31. The number of carbonyl (C=O) groups is 2. The van der Waals surface area contributed by atoms with Gasteiger partial charge in [0.15, 0.2) is 0 Å². The average molecular weight is 941 g/mol. The van der Waals surface area contributed by atoms with Gasteiger partial charge in [0, 0.05) is 12.8 Å². The Labute approximate surface area is 403 Å². The van der Waals surface area contributed by atoms with E-state index in [1.54, 1.807) is 0 Å². The van der Waals surface area contributed by atoms with Crippen LogP contribution in [-0.4, -0.2) is 69.4 Å². The summed E-state index contributed by atoms with van der Waals surface area (Å²) in [7, 11) is 1.20. The Morgan fingerprint density at radius 1 is 0.523 bits per heavy atom. The van der Waals surface area contributed by atoms with Crippen LogP contribution in [0.4, 0.5) is 0 Å². The number of nitrogens with zero attached hydrogens (tertiary/aromatic N) is 1. The van der Waals surface area contributed by atoms with Crippen molar-refractivity contribution in [3.63, 3.8) is 0 Å². The highest BCUT2D eigenvalue weighted by Gasteiger charge is 2.27. The molecule has 1 amide bonds. The highest BCUT2D eigenvalue weighted by molar-refractivity contribution is 7.45. The number of ether oxygens (including phenoxy) is 1. The van der Waals surface area contributed by atoms with E-state index in [2.05, 4.69) is 26.1 Å². The number of unbranched alkanes of at least 4 members (excludes halogenated alkanes) is 35. The molecular weight excluding hydrogens is 832 g/mol. The summed E-state index contributed by atoms with van der Waals surface area (Å²) in [6, 6.07) is -0.877. The third-order valence-corrected chi connectivity index (χ3v) is 13.7. The molecule has 1 N–H and O–H groups in total. The van der Waals surface area contributed by atoms with Crippen molar-refractivity contribution in [3.05, 3.63) is 12.2 Å². The molecule has 10 heteroatoms. The zero-order valence-corrected chi connectivity index (χ0v) is 44.9. The zero-order chi connectivity index (χ0) is 48.0. The number of hydrogen-bond acceptors (Lipinski definition) is 7. The molecule has 0 bridgehead atoms. The summed E-state index contributed by atoms with van der Waals surface area (Å²) in [5, 5.41) is 3.02. The van der Waals surface area contributed by atoms with Crippen LogP contribution >= 0.6 is 7.82 Å². The van der Waals surface area contributed by atoms with Gasteiger partial charge in [-0.3, -0.25) is 14.2 Å². The molecule has 0 aromatic heterocycles. The average Bonchev–Trinajstić information content (AvgIpc) is 3.26. The van der Waals surface area contributed by atoms with Crippen LogP contribution in [0.15, 0.2) is 12.2 Å². The first-order valence-electron chi connectivity index (χ1n) is 28.0. The lowest BCUT2D eigenvalue weighted by Crippen LogP contribution is -2.47. The Kier molecular flexibility index (Phi) is 45.6. The number of nitrogens with one attached hydrogen (secondary N) is 1. The molecule has 0 fully saturated rings. The fraction of sp³-hybridized carbons (Fsp3) is 0.927. The van der Waals surface area contributed by atoms with Gasteiger partial charge in [0.2, 0.25) is 5.91 Å². The number of rotatable bonds is 51. The minimum atomic E-state index is -4.68. The molecule has 386 valence electrons. The highest BCUT2D eigenvalue weighted by Crippen LogP contribution is 2.38. The van der Waals surface area contributed by atoms with Gasteiger partial charge in [-0.2, -0.15) is 0 Å². The second-order valence-electron chi connectivity index (χ2n) is 20.5. The number of allylic oxidation sites excluding steroid dienone is 1. The number of likely N-dealkylation sites (N-methyl/N-ethyl adjacent to an activating group) is 1. The molecule has 0 aliphatic rings. The Morgan fingerprint density at radius 3 is 1.26 bits per heavy atom. The van der Waals surface area contributed by atoms with E-state index in [4.69, 9.17) is 13.8 Å². The second kappa shape index (κ2) is 46.5. The molecule has 0 rings (SSSR count). The molecule has 0 aliphatic heterocycles. The summed E-state index contributed by atoms with van der Waals surface area (Å²) in [5.41, 5.74) is 0. The number of phosphoric acid groups is 1. The van der Waals surface area contributed by atoms with Crippen molar-refractivity contribution in [2.24, 2.45) is 0 Å². The quantitative estimate of drug-likeness (QED) is 0.0212. The molecule has 0 aromatic rings. The van der Waals surface area contributed by atoms with Crippen LogP contribution in [0.3, 0.4) is 0 Å². The van der Waals surface area contributed by atoms with Gasteiger partial charge in [-0.15, -0.1) is 0 Å². The van der Waals surface area contributed by atoms with Crippen LogP contribution in [0.2, 0.25) is 0 Å². The lowest BCUT2D eigenvalue weighted by atomic mass is 10.0. The van der Waals surface area contributed by atoms with Crippen LogP contribution in [0, 0.1) is 0 Å². The summed E-state index contributed by atoms with van der Waals surface area (Å²) in [5.74, 6) is -0.527. The number of esters is 1. The van der Waals surface area contributed by atoms with Crippen molar-refractivity contribution in [3.8, 4) is 0 Å². The SMILES string of the molecule is CCCCCCCCCCCC/C=C/C(OC(=O)CCCCCCCCCCCCC)C(COP(=O)([O-])OCC[N+](C)(C)C)NC(=O)CCCCCCCCCCCCCCCCCC. The van der Waals surface area contributed by atoms with Gasteiger partial charge >= 0.3 is 5.97 Å². The van der Waals surface area contributed by atoms with Gasteiger partial charge in [0.1, 0.15) is 19.3 Å². The first kappa shape index (κ1) is 63.8. The predicted octanol–water partition coefficient (Wildman–Crippen LogP) is 15.8. The second-order valence-corrected chi connectivity index (χ2v) is 21.9. The van der Waals surface area contributed by atoms with Crippen molar-refractivity contribution < 1.29 is 37.3 Å². The number of hydrogen-bond donors (Lipinski definition) is 1. The number of carbonyl (C=O) groups excluding carboxylic acids is 2. The molecule has 3 atom stereocenters. The smallest absolute Gasteiger partial charge is 0.306 e. The van der Waals surface area contributed by atoms with E-state index in [1.165, 1.54) is 186 Å². The minimum Gasteiger partial charge on any atom is -0.756 e. The fourth-order valence-corrected chi connectivity index (χ4v) is 9.07. The summed E-state index contributed by atoms with van der Waals surface area (Å²) >= 11 is 0. The molecule has 0 radical (unpaired) electrons. The molecular formula is C55H109N2O7P. The van der Waals surface area contributed by atoms with E-state index in [0.717, 1.165) is 57.8 Å². The maximum atomic E-state index is 13.4. The number of amides is 1. The van der Waals surface area contributed by atoms with Crippen LogP contribution in [0.5, 0.6) is 0 Å². The van der Waals surface area contributed by atoms with Crippen molar-refractivity contribution >= 4 is 19.7 Å². The standard InChI is InChI=1S/C55H109N2O7P/c1-7-10-13-16-19-22-25-27-28-29-30-33-35-38-41-44-47-54(58)56-52(51-63-65(60,61)62-50-49-57(4,5)6)53(46-43-40-37-34-32-26-23-20-17-14-11-8-2)64-55(59)48-45-42-39-36-31-24-21-18-15-12-9-3/h43,46,52-53H,7-42,44-45,47-51H2,1-6H3,(H-,56,58,60,61)/b46-43+. The third kappa shape index (κ3) is 47.6. The van der Waals surface area contributed by atoms with Crippen molar-refractivity contribution in [2.75, 3.05) is 40.9 Å². The van der Waals surface area contributed by atoms with E-state index in [-0.39, 0.29) is 31.5 Å². The van der Waals surface area contributed by atoms with Gasteiger partial charge in [-0.25, -0.2) is 0 Å². The molecule has 0 spiro atoms. The maximum absolute atomic E-state index is 13.4. The van der Waals surface area contributed by atoms with E-state index < -0.39 is 20.0 Å². The first-order valence-corrected chi connectivity index (χ1v) is 29.5. The monoisotopic (exact) mass is 941 g/mol. The summed E-state index contributed by atoms with van der Waals surface area (Å²) in [6.07, 6.45) is 50.2. The lowest BCUT2D eigenvalue weighted by Gasteiger charge is -2.30. The number of quaternary nitrogens is 1. The summed E-state index contributed by atoms with van der Waals surface area (Å²) in [6.45, 7) is 6.86. The van der Waals surface area contributed by atoms with E-state index >= 15 is 0 Å². The van der Waals surface area contributed by atoms with Crippen molar-refractivity contribution in [1.82, 2.24) is 5.32 Å². The number of phosphoric ester groups is 1. The molecule has 0 saturated carbocycles. The van der Waals surface area contributed by atoms with Gasteiger partial charge in [0.25, 0.3) is 7.82 Å². The van der Waals surface area contributed by atoms with Gasteiger partial charge < -0.3 is 28.5 Å². The van der Waals surface area contributed by atoms with E-state index in [1.807, 2.05) is 33.3 Å². The first-order chi connectivity index (χ1) is 31.4. The van der Waals surface area contributed by atoms with Crippen LogP contribution in [0.25, 0.3) is 0 Å². The Hall–Kier alpha value is -1.25. The maximum Gasteiger partial charge on any atom is 0.306 e. The van der Waals surface area contributed by atoms with Gasteiger partial charge in [-0.05, 0) is 31.8 Å². The van der Waals surface area contributed by atoms with Crippen LogP contribution < -0.4 is 10.2 Å². The Bertz CT molecular complexity index is 1130. The molecule has 65 heavy (non-hydrogen) atoms. The largest absolute Gasteiger partial charge is 0.756 e. The molecule has 0 saturated heterocycles. The Morgan fingerprint density at radius 2 is 0.877 bits per heavy atom. The zero-order valence-electron chi connectivity index (χ0n) is 44.0. The predicted molar refractivity (Wildman–Crippen MR) is 275 cm³/mol. The summed E-state index contributed by atoms with van der Waals surface area (Å²) in [4.78, 5) is 39.7. The highest BCUT2D eigenvalue weighted by atomic mass is 31.2. The lowest BCUT2D eigenvalue weighted by molar-refractivity contribution is -0.870.